The summed E-state index contributed by atoms with van der Waals surface area (Å²) in [5.41, 5.74) is 6.46. The van der Waals surface area contributed by atoms with Gasteiger partial charge in [0.25, 0.3) is 5.56 Å². The lowest BCUT2D eigenvalue weighted by atomic mass is 9.95. The minimum atomic E-state index is -0.795. The zero-order valence-electron chi connectivity index (χ0n) is 25.3. The van der Waals surface area contributed by atoms with Gasteiger partial charge >= 0.3 is 5.97 Å². The van der Waals surface area contributed by atoms with E-state index in [0.717, 1.165) is 22.6 Å². The minimum absolute atomic E-state index is 0.192. The van der Waals surface area contributed by atoms with Gasteiger partial charge in [0.1, 0.15) is 0 Å². The molecule has 0 N–H and O–H groups in total. The molecular formula is C33H34BrN3O5S. The number of fused-ring (bicyclic) bond motifs is 1. The summed E-state index contributed by atoms with van der Waals surface area (Å²) in [6.45, 7) is 12.2. The molecule has 1 aliphatic heterocycles. The number of aromatic nitrogens is 2. The molecule has 8 nitrogen and oxygen atoms in total. The minimum Gasteiger partial charge on any atom is -0.493 e. The quantitative estimate of drug-likeness (QED) is 0.226. The first-order chi connectivity index (χ1) is 20.6. The van der Waals surface area contributed by atoms with Gasteiger partial charge in [-0.3, -0.25) is 9.36 Å². The first kappa shape index (κ1) is 30.6. The van der Waals surface area contributed by atoms with Crippen molar-refractivity contribution in [2.75, 3.05) is 20.3 Å². The highest BCUT2D eigenvalue weighted by molar-refractivity contribution is 9.10. The van der Waals surface area contributed by atoms with Crippen molar-refractivity contribution in [3.8, 4) is 17.2 Å². The maximum absolute atomic E-state index is 14.2. The standard InChI is InChI=1S/C33H34BrN3O5S/c1-8-41-27-17-25(34)24(16-26(27)40-7)30-29(32(39)42-9-2)20(5)35-33-37(30)31(38)28(43-33)15-22-14-19(4)36(21(22)6)23-12-10-18(3)11-13-23/h10-17,30H,8-9H2,1-7H3/b28-15+/t30-/m0/s1. The van der Waals surface area contributed by atoms with Gasteiger partial charge in [-0.15, -0.1) is 0 Å². The Kier molecular flexibility index (Phi) is 8.80. The number of rotatable bonds is 8. The first-order valence-corrected chi connectivity index (χ1v) is 15.7. The van der Waals surface area contributed by atoms with Crippen LogP contribution in [-0.2, 0) is 9.53 Å². The molecule has 0 amide bonds. The van der Waals surface area contributed by atoms with E-state index in [4.69, 9.17) is 19.2 Å². The Balaban J connectivity index is 1.72. The number of carbonyl (C=O) groups is 1. The molecule has 2 aromatic heterocycles. The fourth-order valence-corrected chi connectivity index (χ4v) is 7.02. The molecule has 0 fully saturated rings. The van der Waals surface area contributed by atoms with Gasteiger partial charge in [-0.1, -0.05) is 45.0 Å². The summed E-state index contributed by atoms with van der Waals surface area (Å²) in [7, 11) is 1.56. The third-order valence-electron chi connectivity index (χ3n) is 7.44. The number of ether oxygens (including phenoxy) is 3. The second-order valence-corrected chi connectivity index (χ2v) is 12.1. The molecule has 43 heavy (non-hydrogen) atoms. The second-order valence-electron chi connectivity index (χ2n) is 10.3. The van der Waals surface area contributed by atoms with Crippen LogP contribution in [0.4, 0.5) is 0 Å². The first-order valence-electron chi connectivity index (χ1n) is 14.0. The number of methoxy groups -OCH3 is 1. The van der Waals surface area contributed by atoms with E-state index in [0.29, 0.717) is 48.7 Å². The lowest BCUT2D eigenvalue weighted by molar-refractivity contribution is -0.139. The Hall–Kier alpha value is -3.89. The number of esters is 1. The summed E-state index contributed by atoms with van der Waals surface area (Å²) in [5, 5.41) is 0. The Bertz CT molecular complexity index is 1930. The average molecular weight is 665 g/mol. The van der Waals surface area contributed by atoms with Gasteiger partial charge in [0, 0.05) is 21.5 Å². The molecule has 0 saturated carbocycles. The van der Waals surface area contributed by atoms with Gasteiger partial charge in [0.15, 0.2) is 16.3 Å². The van der Waals surface area contributed by atoms with Crippen LogP contribution in [0.15, 0.2) is 68.0 Å². The highest BCUT2D eigenvalue weighted by atomic mass is 79.9. The van der Waals surface area contributed by atoms with Crippen molar-refractivity contribution in [2.45, 2.75) is 47.6 Å². The molecule has 0 aliphatic carbocycles. The fraction of sp³-hybridized carbons (Fsp3) is 0.303. The third-order valence-corrected chi connectivity index (χ3v) is 9.11. The van der Waals surface area contributed by atoms with Crippen LogP contribution < -0.4 is 24.4 Å². The van der Waals surface area contributed by atoms with Crippen molar-refractivity contribution in [3.05, 3.63) is 106 Å². The van der Waals surface area contributed by atoms with Gasteiger partial charge in [0.05, 0.1) is 42.2 Å². The monoisotopic (exact) mass is 663 g/mol. The van der Waals surface area contributed by atoms with Crippen molar-refractivity contribution in [1.29, 1.82) is 0 Å². The van der Waals surface area contributed by atoms with E-state index in [1.165, 1.54) is 16.9 Å². The molecule has 0 spiro atoms. The number of nitrogens with zero attached hydrogens (tertiary/aromatic N) is 3. The molecule has 1 atom stereocenters. The topological polar surface area (TPSA) is 84.1 Å². The molecule has 0 radical (unpaired) electrons. The molecule has 0 bridgehead atoms. The summed E-state index contributed by atoms with van der Waals surface area (Å²) < 4.78 is 21.8. The molecular weight excluding hydrogens is 630 g/mol. The number of hydrogen-bond acceptors (Lipinski definition) is 7. The van der Waals surface area contributed by atoms with Crippen LogP contribution in [0.2, 0.25) is 0 Å². The molecule has 2 aromatic carbocycles. The van der Waals surface area contributed by atoms with Gasteiger partial charge in [0.2, 0.25) is 0 Å². The highest BCUT2D eigenvalue weighted by Gasteiger charge is 2.35. The van der Waals surface area contributed by atoms with Crippen molar-refractivity contribution < 1.29 is 19.0 Å². The molecule has 4 aromatic rings. The molecule has 0 unspecified atom stereocenters. The molecule has 0 saturated heterocycles. The Labute approximate surface area is 262 Å². The predicted molar refractivity (Wildman–Crippen MR) is 172 cm³/mol. The summed E-state index contributed by atoms with van der Waals surface area (Å²) in [4.78, 5) is 32.8. The number of halogens is 1. The van der Waals surface area contributed by atoms with Gasteiger partial charge in [-0.25, -0.2) is 9.79 Å². The van der Waals surface area contributed by atoms with E-state index in [1.54, 1.807) is 37.7 Å². The number of benzene rings is 2. The van der Waals surface area contributed by atoms with Crippen molar-refractivity contribution in [3.63, 3.8) is 0 Å². The number of aryl methyl sites for hydroxylation is 2. The number of carbonyl (C=O) groups excluding carboxylic acids is 1. The average Bonchev–Trinajstić information content (AvgIpc) is 3.42. The third kappa shape index (κ3) is 5.61. The van der Waals surface area contributed by atoms with Crippen LogP contribution in [0.1, 0.15) is 54.9 Å². The Morgan fingerprint density at radius 1 is 1.05 bits per heavy atom. The molecule has 5 rings (SSSR count). The summed E-state index contributed by atoms with van der Waals surface area (Å²) >= 11 is 4.97. The lowest BCUT2D eigenvalue weighted by Crippen LogP contribution is -2.40. The molecule has 1 aliphatic rings. The number of allylic oxidation sites excluding steroid dienone is 1. The molecule has 224 valence electrons. The maximum Gasteiger partial charge on any atom is 0.338 e. The van der Waals surface area contributed by atoms with E-state index < -0.39 is 12.0 Å². The summed E-state index contributed by atoms with van der Waals surface area (Å²) in [6.07, 6.45) is 1.91. The van der Waals surface area contributed by atoms with Crippen LogP contribution in [0.25, 0.3) is 11.8 Å². The van der Waals surface area contributed by atoms with Gasteiger partial charge < -0.3 is 18.8 Å². The Morgan fingerprint density at radius 2 is 1.77 bits per heavy atom. The predicted octanol–water partition coefficient (Wildman–Crippen LogP) is 5.68. The lowest BCUT2D eigenvalue weighted by Gasteiger charge is -2.26. The SMILES string of the molecule is CCOC(=O)C1=C(C)N=c2s/c(=C/c3cc(C)n(-c4ccc(C)cc4)c3C)c(=O)n2[C@H]1c1cc(OC)c(OCC)cc1Br. The number of hydrogen-bond donors (Lipinski definition) is 0. The highest BCUT2D eigenvalue weighted by Crippen LogP contribution is 2.41. The van der Waals surface area contributed by atoms with Crippen LogP contribution >= 0.6 is 27.3 Å². The van der Waals surface area contributed by atoms with Gasteiger partial charge in [-0.05, 0) is 89.1 Å². The smallest absolute Gasteiger partial charge is 0.338 e. The summed E-state index contributed by atoms with van der Waals surface area (Å²) in [6, 6.07) is 13.2. The van der Waals surface area contributed by atoms with Crippen LogP contribution in [0, 0.1) is 20.8 Å². The van der Waals surface area contributed by atoms with Crippen molar-refractivity contribution in [2.24, 2.45) is 4.99 Å². The van der Waals surface area contributed by atoms with Crippen LogP contribution in [0.5, 0.6) is 11.5 Å². The molecule has 3 heterocycles. The summed E-state index contributed by atoms with van der Waals surface area (Å²) in [5.74, 6) is 0.517. The zero-order chi connectivity index (χ0) is 31.0. The van der Waals surface area contributed by atoms with Crippen molar-refractivity contribution in [1.82, 2.24) is 9.13 Å². The largest absolute Gasteiger partial charge is 0.493 e. The van der Waals surface area contributed by atoms with Crippen molar-refractivity contribution >= 4 is 39.3 Å². The van der Waals surface area contributed by atoms with Crippen LogP contribution in [0.3, 0.4) is 0 Å². The van der Waals surface area contributed by atoms with E-state index >= 15 is 0 Å². The fourth-order valence-electron chi connectivity index (χ4n) is 5.44. The second kappa shape index (κ2) is 12.4. The van der Waals surface area contributed by atoms with Crippen LogP contribution in [-0.4, -0.2) is 35.4 Å². The van der Waals surface area contributed by atoms with E-state index in [1.807, 2.05) is 19.9 Å². The van der Waals surface area contributed by atoms with E-state index in [2.05, 4.69) is 64.7 Å². The zero-order valence-corrected chi connectivity index (χ0v) is 27.7. The number of thiazole rings is 1. The maximum atomic E-state index is 14.2. The Morgan fingerprint density at radius 3 is 2.42 bits per heavy atom. The normalized spacial score (nSPS) is 14.9. The van der Waals surface area contributed by atoms with E-state index in [9.17, 15) is 9.59 Å². The molecule has 10 heteroatoms. The van der Waals surface area contributed by atoms with Gasteiger partial charge in [-0.2, -0.15) is 0 Å². The van der Waals surface area contributed by atoms with E-state index in [-0.39, 0.29) is 12.2 Å².